The average Bonchev–Trinajstić information content (AvgIpc) is 2.48. The summed E-state index contributed by atoms with van der Waals surface area (Å²) in [6.45, 7) is 2.39. The van der Waals surface area contributed by atoms with Crippen molar-refractivity contribution in [1.29, 1.82) is 0 Å². The number of hydrogen-bond donors (Lipinski definition) is 2. The van der Waals surface area contributed by atoms with Crippen molar-refractivity contribution in [3.8, 4) is 0 Å². The fourth-order valence-electron chi connectivity index (χ4n) is 2.93. The molecule has 0 saturated heterocycles. The number of hydrazine groups is 1. The van der Waals surface area contributed by atoms with E-state index in [-0.39, 0.29) is 10.9 Å². The minimum Gasteiger partial charge on any atom is -0.323 e. The van der Waals surface area contributed by atoms with Crippen LogP contribution in [0, 0.1) is 0 Å². The molecule has 0 aromatic heterocycles. The molecule has 0 spiro atoms. The largest absolute Gasteiger partial charge is 0.323 e. The zero-order valence-electron chi connectivity index (χ0n) is 11.9. The van der Waals surface area contributed by atoms with E-state index in [4.69, 9.17) is 5.84 Å². The average molecular weight is 297 g/mol. The van der Waals surface area contributed by atoms with Crippen LogP contribution in [-0.4, -0.2) is 25.3 Å². The Balaban J connectivity index is 2.35. The third-order valence-electron chi connectivity index (χ3n) is 3.92. The van der Waals surface area contributed by atoms with Crippen LogP contribution in [0.5, 0.6) is 0 Å². The lowest BCUT2D eigenvalue weighted by atomic mass is 9.95. The highest BCUT2D eigenvalue weighted by Crippen LogP contribution is 2.30. The Bertz CT molecular complexity index is 539. The van der Waals surface area contributed by atoms with Crippen molar-refractivity contribution < 1.29 is 8.42 Å². The van der Waals surface area contributed by atoms with Crippen LogP contribution >= 0.6 is 0 Å². The first-order valence-electron chi connectivity index (χ1n) is 7.18. The Morgan fingerprint density at radius 1 is 1.25 bits per heavy atom. The first-order chi connectivity index (χ1) is 9.61. The summed E-state index contributed by atoms with van der Waals surface area (Å²) in [5.74, 6) is 5.43. The molecule has 1 saturated carbocycles. The van der Waals surface area contributed by atoms with E-state index in [1.54, 1.807) is 28.6 Å². The van der Waals surface area contributed by atoms with Crippen LogP contribution in [0.25, 0.3) is 0 Å². The number of nitrogen functional groups attached to an aromatic ring is 1. The van der Waals surface area contributed by atoms with Gasteiger partial charge in [0.05, 0.1) is 5.69 Å². The highest BCUT2D eigenvalue weighted by atomic mass is 32.2. The van der Waals surface area contributed by atoms with Crippen molar-refractivity contribution in [1.82, 2.24) is 4.31 Å². The number of nitrogens with one attached hydrogen (secondary N) is 1. The van der Waals surface area contributed by atoms with Gasteiger partial charge in [-0.15, -0.1) is 0 Å². The third-order valence-corrected chi connectivity index (χ3v) is 6.01. The number of sulfonamides is 1. The van der Waals surface area contributed by atoms with E-state index in [9.17, 15) is 8.42 Å². The van der Waals surface area contributed by atoms with Gasteiger partial charge in [0.25, 0.3) is 0 Å². The minimum absolute atomic E-state index is 0.115. The molecule has 0 radical (unpaired) electrons. The molecule has 1 aromatic rings. The maximum atomic E-state index is 12.9. The standard InChI is InChI=1S/C14H23N3O2S/c1-2-17(12-8-4-3-5-9-12)20(18,19)14-11-7-6-10-13(14)16-15/h6-7,10-12,16H,2-5,8-9,15H2,1H3. The summed E-state index contributed by atoms with van der Waals surface area (Å²) in [5, 5.41) is 0. The van der Waals surface area contributed by atoms with Gasteiger partial charge in [-0.1, -0.05) is 38.3 Å². The van der Waals surface area contributed by atoms with Gasteiger partial charge in [-0.25, -0.2) is 8.42 Å². The van der Waals surface area contributed by atoms with Gasteiger partial charge >= 0.3 is 0 Å². The molecule has 5 nitrogen and oxygen atoms in total. The van der Waals surface area contributed by atoms with Gasteiger partial charge < -0.3 is 5.43 Å². The summed E-state index contributed by atoms with van der Waals surface area (Å²) in [5.41, 5.74) is 2.92. The Hall–Kier alpha value is -1.11. The number of benzene rings is 1. The number of hydrogen-bond acceptors (Lipinski definition) is 4. The maximum Gasteiger partial charge on any atom is 0.245 e. The van der Waals surface area contributed by atoms with Crippen molar-refractivity contribution in [2.75, 3.05) is 12.0 Å². The van der Waals surface area contributed by atoms with Gasteiger partial charge in [0.15, 0.2) is 0 Å². The Morgan fingerprint density at radius 3 is 2.50 bits per heavy atom. The first kappa shape index (κ1) is 15.3. The molecular formula is C14H23N3O2S. The molecule has 20 heavy (non-hydrogen) atoms. The lowest BCUT2D eigenvalue weighted by Gasteiger charge is -2.33. The smallest absolute Gasteiger partial charge is 0.245 e. The molecule has 1 aliphatic rings. The maximum absolute atomic E-state index is 12.9. The number of para-hydroxylation sites is 1. The number of anilines is 1. The Labute approximate surface area is 121 Å². The topological polar surface area (TPSA) is 75.4 Å². The minimum atomic E-state index is -3.50. The van der Waals surface area contributed by atoms with Crippen molar-refractivity contribution in [2.45, 2.75) is 50.0 Å². The zero-order valence-corrected chi connectivity index (χ0v) is 12.7. The molecule has 0 amide bonds. The molecule has 0 aliphatic heterocycles. The molecule has 112 valence electrons. The Kier molecular flexibility index (Phi) is 5.01. The fourth-order valence-corrected chi connectivity index (χ4v) is 4.78. The van der Waals surface area contributed by atoms with Crippen molar-refractivity contribution in [3.63, 3.8) is 0 Å². The van der Waals surface area contributed by atoms with E-state index in [0.717, 1.165) is 25.7 Å². The fraction of sp³-hybridized carbons (Fsp3) is 0.571. The van der Waals surface area contributed by atoms with Crippen LogP contribution in [0.3, 0.4) is 0 Å². The van der Waals surface area contributed by atoms with Crippen molar-refractivity contribution >= 4 is 15.7 Å². The van der Waals surface area contributed by atoms with E-state index in [1.165, 1.54) is 6.42 Å². The summed E-state index contributed by atoms with van der Waals surface area (Å²) in [6.07, 6.45) is 5.31. The van der Waals surface area contributed by atoms with Gasteiger partial charge in [0.2, 0.25) is 10.0 Å². The molecule has 0 heterocycles. The van der Waals surface area contributed by atoms with Crippen LogP contribution in [0.1, 0.15) is 39.0 Å². The van der Waals surface area contributed by atoms with E-state index >= 15 is 0 Å². The third kappa shape index (κ3) is 2.97. The van der Waals surface area contributed by atoms with Crippen LogP contribution < -0.4 is 11.3 Å². The summed E-state index contributed by atoms with van der Waals surface area (Å²) >= 11 is 0. The summed E-state index contributed by atoms with van der Waals surface area (Å²) < 4.78 is 27.4. The first-order valence-corrected chi connectivity index (χ1v) is 8.62. The van der Waals surface area contributed by atoms with E-state index in [1.807, 2.05) is 6.92 Å². The van der Waals surface area contributed by atoms with E-state index < -0.39 is 10.0 Å². The normalized spacial score (nSPS) is 17.4. The zero-order chi connectivity index (χ0) is 14.6. The summed E-state index contributed by atoms with van der Waals surface area (Å²) in [7, 11) is -3.50. The van der Waals surface area contributed by atoms with Gasteiger partial charge in [-0.05, 0) is 25.0 Å². The van der Waals surface area contributed by atoms with Crippen LogP contribution in [0.4, 0.5) is 5.69 Å². The summed E-state index contributed by atoms with van der Waals surface area (Å²) in [6, 6.07) is 6.90. The molecule has 0 bridgehead atoms. The van der Waals surface area contributed by atoms with Crippen LogP contribution in [0.2, 0.25) is 0 Å². The quantitative estimate of drug-likeness (QED) is 0.646. The predicted molar refractivity (Wildman–Crippen MR) is 80.7 cm³/mol. The number of nitrogens with two attached hydrogens (primary N) is 1. The predicted octanol–water partition coefficient (Wildman–Crippen LogP) is 2.32. The van der Waals surface area contributed by atoms with Gasteiger partial charge in [-0.2, -0.15) is 4.31 Å². The second-order valence-corrected chi connectivity index (χ2v) is 7.00. The summed E-state index contributed by atoms with van der Waals surface area (Å²) in [4.78, 5) is 0.259. The molecule has 2 rings (SSSR count). The lowest BCUT2D eigenvalue weighted by Crippen LogP contribution is -2.41. The lowest BCUT2D eigenvalue weighted by molar-refractivity contribution is 0.261. The molecule has 0 unspecified atom stereocenters. The Morgan fingerprint density at radius 2 is 1.90 bits per heavy atom. The van der Waals surface area contributed by atoms with E-state index in [0.29, 0.717) is 12.2 Å². The van der Waals surface area contributed by atoms with E-state index in [2.05, 4.69) is 5.43 Å². The van der Waals surface area contributed by atoms with Gasteiger partial charge in [-0.3, -0.25) is 5.84 Å². The molecule has 0 atom stereocenters. The number of nitrogens with zero attached hydrogens (tertiary/aromatic N) is 1. The highest BCUT2D eigenvalue weighted by Gasteiger charge is 2.32. The molecular weight excluding hydrogens is 274 g/mol. The van der Waals surface area contributed by atoms with Crippen LogP contribution in [0.15, 0.2) is 29.2 Å². The highest BCUT2D eigenvalue weighted by molar-refractivity contribution is 7.89. The van der Waals surface area contributed by atoms with Crippen molar-refractivity contribution in [3.05, 3.63) is 24.3 Å². The second-order valence-electron chi connectivity index (χ2n) is 5.14. The molecule has 1 aromatic carbocycles. The van der Waals surface area contributed by atoms with Gasteiger partial charge in [0.1, 0.15) is 4.90 Å². The SMILES string of the molecule is CCN(C1CCCCC1)S(=O)(=O)c1ccccc1NN. The van der Waals surface area contributed by atoms with Gasteiger partial charge in [0, 0.05) is 12.6 Å². The van der Waals surface area contributed by atoms with Crippen LogP contribution in [-0.2, 0) is 10.0 Å². The monoisotopic (exact) mass is 297 g/mol. The number of rotatable bonds is 5. The second kappa shape index (κ2) is 6.56. The molecule has 1 aliphatic carbocycles. The van der Waals surface area contributed by atoms with Crippen molar-refractivity contribution in [2.24, 2.45) is 5.84 Å². The molecule has 3 N–H and O–H groups in total. The molecule has 1 fully saturated rings. The molecule has 6 heteroatoms.